The molecule has 2 rings (SSSR count). The lowest BCUT2D eigenvalue weighted by atomic mass is 9.98. The molecule has 110 valence electrons. The van der Waals surface area contributed by atoms with E-state index in [-0.39, 0.29) is 6.10 Å². The predicted octanol–water partition coefficient (Wildman–Crippen LogP) is 2.48. The van der Waals surface area contributed by atoms with Gasteiger partial charge in [-0.2, -0.15) is 0 Å². The van der Waals surface area contributed by atoms with Gasteiger partial charge in [-0.1, -0.05) is 35.9 Å². The summed E-state index contributed by atoms with van der Waals surface area (Å²) >= 11 is 0. The van der Waals surface area contributed by atoms with Gasteiger partial charge in [-0.15, -0.1) is 0 Å². The Kier molecular flexibility index (Phi) is 5.77. The second-order valence-corrected chi connectivity index (χ2v) is 5.42. The summed E-state index contributed by atoms with van der Waals surface area (Å²) in [5, 5.41) is 9.86. The number of β-amino-alcohol motifs (C(OH)–C–C–N with tert-alkyl or cyclic N) is 1. The molecule has 0 spiro atoms. The van der Waals surface area contributed by atoms with Crippen LogP contribution in [-0.4, -0.2) is 49.0 Å². The molecule has 1 aromatic carbocycles. The van der Waals surface area contributed by atoms with Crippen LogP contribution in [0, 0.1) is 6.92 Å². The van der Waals surface area contributed by atoms with Crippen molar-refractivity contribution < 1.29 is 9.84 Å². The van der Waals surface area contributed by atoms with Crippen molar-refractivity contribution in [2.45, 2.75) is 26.4 Å². The molecule has 0 radical (unpaired) electrons. The number of benzene rings is 1. The minimum absolute atomic E-state index is 0.385. The van der Waals surface area contributed by atoms with Crippen LogP contribution >= 0.6 is 0 Å². The van der Waals surface area contributed by atoms with Crippen molar-refractivity contribution in [1.82, 2.24) is 4.90 Å². The van der Waals surface area contributed by atoms with E-state index < -0.39 is 0 Å². The molecule has 1 heterocycles. The lowest BCUT2D eigenvalue weighted by Crippen LogP contribution is -2.37. The van der Waals surface area contributed by atoms with Gasteiger partial charge in [0.15, 0.2) is 0 Å². The van der Waals surface area contributed by atoms with Gasteiger partial charge < -0.3 is 9.84 Å². The highest BCUT2D eigenvalue weighted by atomic mass is 16.5. The standard InChI is InChI=1S/C17H25NO2/c1-3-20-13-17(19)12-18-9-7-15(8-10-18)16-6-4-5-14(2)11-16/h4-7,11,17,19H,3,8-10,12-13H2,1-2H3/t17-/m0/s1. The number of nitrogens with zero attached hydrogens (tertiary/aromatic N) is 1. The number of rotatable bonds is 6. The molecule has 1 N–H and O–H groups in total. The zero-order chi connectivity index (χ0) is 14.4. The first-order chi connectivity index (χ1) is 9.69. The Morgan fingerprint density at radius 2 is 2.25 bits per heavy atom. The van der Waals surface area contributed by atoms with Gasteiger partial charge in [0.2, 0.25) is 0 Å². The van der Waals surface area contributed by atoms with Crippen molar-refractivity contribution in [3.8, 4) is 0 Å². The van der Waals surface area contributed by atoms with Crippen molar-refractivity contribution in [3.63, 3.8) is 0 Å². The lowest BCUT2D eigenvalue weighted by Gasteiger charge is -2.28. The van der Waals surface area contributed by atoms with Gasteiger partial charge in [0.05, 0.1) is 12.7 Å². The third kappa shape index (κ3) is 4.44. The fourth-order valence-electron chi connectivity index (χ4n) is 2.59. The Hall–Kier alpha value is -1.16. The van der Waals surface area contributed by atoms with Gasteiger partial charge in [-0.25, -0.2) is 0 Å². The Balaban J connectivity index is 1.87. The molecule has 0 fully saturated rings. The van der Waals surface area contributed by atoms with Crippen molar-refractivity contribution >= 4 is 5.57 Å². The molecule has 3 heteroatoms. The molecule has 0 bridgehead atoms. The molecule has 0 aliphatic carbocycles. The van der Waals surface area contributed by atoms with Crippen LogP contribution in [0.5, 0.6) is 0 Å². The molecule has 1 aliphatic rings. The van der Waals surface area contributed by atoms with Crippen LogP contribution in [0.15, 0.2) is 30.3 Å². The molecular weight excluding hydrogens is 250 g/mol. The Bertz CT molecular complexity index is 456. The van der Waals surface area contributed by atoms with E-state index >= 15 is 0 Å². The van der Waals surface area contributed by atoms with Gasteiger partial charge in [0.25, 0.3) is 0 Å². The molecule has 3 nitrogen and oxygen atoms in total. The highest BCUT2D eigenvalue weighted by Gasteiger charge is 2.16. The normalized spacial score (nSPS) is 17.9. The minimum Gasteiger partial charge on any atom is -0.389 e. The van der Waals surface area contributed by atoms with Crippen molar-refractivity contribution in [2.24, 2.45) is 0 Å². The number of hydrogen-bond acceptors (Lipinski definition) is 3. The first-order valence-corrected chi connectivity index (χ1v) is 7.43. The van der Waals surface area contributed by atoms with Gasteiger partial charge >= 0.3 is 0 Å². The smallest absolute Gasteiger partial charge is 0.0900 e. The SMILES string of the molecule is CCOC[C@@H](O)CN1CC=C(c2cccc(C)c2)CC1. The molecule has 0 saturated carbocycles. The van der Waals surface area contributed by atoms with Gasteiger partial charge in [-0.3, -0.25) is 4.90 Å². The van der Waals surface area contributed by atoms with E-state index in [4.69, 9.17) is 4.74 Å². The van der Waals surface area contributed by atoms with Crippen LogP contribution in [0.3, 0.4) is 0 Å². The maximum absolute atomic E-state index is 9.86. The van der Waals surface area contributed by atoms with Crippen LogP contribution in [0.1, 0.15) is 24.5 Å². The zero-order valence-corrected chi connectivity index (χ0v) is 12.5. The average molecular weight is 275 g/mol. The molecule has 0 aromatic heterocycles. The van der Waals surface area contributed by atoms with Gasteiger partial charge in [-0.05, 0) is 31.4 Å². The molecule has 0 saturated heterocycles. The number of hydrogen-bond donors (Lipinski definition) is 1. The highest BCUT2D eigenvalue weighted by Crippen LogP contribution is 2.23. The van der Waals surface area contributed by atoms with E-state index in [1.807, 2.05) is 6.92 Å². The number of ether oxygens (including phenoxy) is 1. The second-order valence-electron chi connectivity index (χ2n) is 5.42. The third-order valence-electron chi connectivity index (χ3n) is 3.67. The first kappa shape index (κ1) is 15.2. The quantitative estimate of drug-likeness (QED) is 0.866. The van der Waals surface area contributed by atoms with Crippen molar-refractivity contribution in [3.05, 3.63) is 41.5 Å². The lowest BCUT2D eigenvalue weighted by molar-refractivity contribution is 0.0230. The summed E-state index contributed by atoms with van der Waals surface area (Å²) in [4.78, 5) is 2.28. The first-order valence-electron chi connectivity index (χ1n) is 7.43. The van der Waals surface area contributed by atoms with E-state index in [0.29, 0.717) is 19.8 Å². The van der Waals surface area contributed by atoms with Crippen LogP contribution in [0.4, 0.5) is 0 Å². The molecule has 20 heavy (non-hydrogen) atoms. The minimum atomic E-state index is -0.385. The number of aliphatic hydroxyl groups is 1. The van der Waals surface area contributed by atoms with E-state index in [2.05, 4.69) is 42.2 Å². The number of aliphatic hydroxyl groups excluding tert-OH is 1. The van der Waals surface area contributed by atoms with Crippen LogP contribution in [-0.2, 0) is 4.74 Å². The van der Waals surface area contributed by atoms with Crippen molar-refractivity contribution in [2.75, 3.05) is 32.8 Å². The second kappa shape index (κ2) is 7.58. The molecule has 0 amide bonds. The third-order valence-corrected chi connectivity index (χ3v) is 3.67. The van der Waals surface area contributed by atoms with Gasteiger partial charge in [0, 0.05) is 26.2 Å². The largest absolute Gasteiger partial charge is 0.389 e. The summed E-state index contributed by atoms with van der Waals surface area (Å²) in [7, 11) is 0. The summed E-state index contributed by atoms with van der Waals surface area (Å²) < 4.78 is 5.25. The summed E-state index contributed by atoms with van der Waals surface area (Å²) in [6.07, 6.45) is 2.94. The fraction of sp³-hybridized carbons (Fsp3) is 0.529. The summed E-state index contributed by atoms with van der Waals surface area (Å²) in [5.74, 6) is 0. The molecule has 1 aromatic rings. The maximum atomic E-state index is 9.86. The number of aryl methyl sites for hydroxylation is 1. The van der Waals surface area contributed by atoms with Gasteiger partial charge in [0.1, 0.15) is 0 Å². The predicted molar refractivity (Wildman–Crippen MR) is 82.7 cm³/mol. The molecule has 0 unspecified atom stereocenters. The van der Waals surface area contributed by atoms with E-state index in [0.717, 1.165) is 19.5 Å². The van der Waals surface area contributed by atoms with E-state index in [1.54, 1.807) is 0 Å². The summed E-state index contributed by atoms with van der Waals surface area (Å²) in [6.45, 7) is 7.77. The van der Waals surface area contributed by atoms with E-state index in [1.165, 1.54) is 16.7 Å². The molecule has 1 atom stereocenters. The topological polar surface area (TPSA) is 32.7 Å². The fourth-order valence-corrected chi connectivity index (χ4v) is 2.59. The Morgan fingerprint density at radius 1 is 1.40 bits per heavy atom. The summed E-state index contributed by atoms with van der Waals surface area (Å²) in [6, 6.07) is 8.66. The van der Waals surface area contributed by atoms with Crippen LogP contribution in [0.25, 0.3) is 5.57 Å². The zero-order valence-electron chi connectivity index (χ0n) is 12.5. The maximum Gasteiger partial charge on any atom is 0.0900 e. The van der Waals surface area contributed by atoms with Crippen LogP contribution in [0.2, 0.25) is 0 Å². The Morgan fingerprint density at radius 3 is 2.90 bits per heavy atom. The van der Waals surface area contributed by atoms with Crippen molar-refractivity contribution in [1.29, 1.82) is 0 Å². The molecular formula is C17H25NO2. The Labute approximate surface area is 121 Å². The van der Waals surface area contributed by atoms with E-state index in [9.17, 15) is 5.11 Å². The highest BCUT2D eigenvalue weighted by molar-refractivity contribution is 5.67. The average Bonchev–Trinajstić information content (AvgIpc) is 2.46. The monoisotopic (exact) mass is 275 g/mol. The summed E-state index contributed by atoms with van der Waals surface area (Å²) in [5.41, 5.74) is 4.06. The molecule has 1 aliphatic heterocycles. The van der Waals surface area contributed by atoms with Crippen LogP contribution < -0.4 is 0 Å².